The van der Waals surface area contributed by atoms with E-state index in [2.05, 4.69) is 11.9 Å². The summed E-state index contributed by atoms with van der Waals surface area (Å²) in [5.74, 6) is 6.61. The molecule has 1 aliphatic carbocycles. The highest BCUT2D eigenvalue weighted by Gasteiger charge is 2.21. The number of anilines is 1. The third-order valence-electron chi connectivity index (χ3n) is 3.13. The van der Waals surface area contributed by atoms with E-state index in [-0.39, 0.29) is 0 Å². The fourth-order valence-electron chi connectivity index (χ4n) is 2.21. The highest BCUT2D eigenvalue weighted by molar-refractivity contribution is 5.75. The topological polar surface area (TPSA) is 84.4 Å². The SMILES string of the molecule is C=C1CCC/C1=C(\NC(N)=O)N(N)c1ccccc1. The molecule has 2 amide bonds. The van der Waals surface area contributed by atoms with Crippen LogP contribution >= 0.6 is 0 Å². The zero-order valence-electron chi connectivity index (χ0n) is 10.7. The second kappa shape index (κ2) is 5.58. The van der Waals surface area contributed by atoms with E-state index in [0.717, 1.165) is 36.1 Å². The molecule has 0 unspecified atom stereocenters. The van der Waals surface area contributed by atoms with E-state index in [1.807, 2.05) is 30.3 Å². The van der Waals surface area contributed by atoms with Gasteiger partial charge in [0.15, 0.2) is 0 Å². The summed E-state index contributed by atoms with van der Waals surface area (Å²) in [4.78, 5) is 11.2. The summed E-state index contributed by atoms with van der Waals surface area (Å²) < 4.78 is 0. The number of urea groups is 1. The van der Waals surface area contributed by atoms with Crippen molar-refractivity contribution in [1.29, 1.82) is 0 Å². The maximum Gasteiger partial charge on any atom is 0.317 e. The van der Waals surface area contributed by atoms with E-state index in [0.29, 0.717) is 5.82 Å². The Bertz CT molecular complexity index is 522. The first-order valence-corrected chi connectivity index (χ1v) is 6.17. The predicted molar refractivity (Wildman–Crippen MR) is 75.8 cm³/mol. The molecule has 0 radical (unpaired) electrons. The molecule has 1 saturated carbocycles. The molecule has 1 aromatic rings. The van der Waals surface area contributed by atoms with Crippen LogP contribution in [0, 0.1) is 0 Å². The normalized spacial score (nSPS) is 17.2. The molecule has 5 N–H and O–H groups in total. The van der Waals surface area contributed by atoms with Crippen molar-refractivity contribution in [2.75, 3.05) is 5.01 Å². The summed E-state index contributed by atoms with van der Waals surface area (Å²) in [5, 5.41) is 4.05. The van der Waals surface area contributed by atoms with Gasteiger partial charge in [-0.1, -0.05) is 24.8 Å². The molecule has 5 heteroatoms. The number of primary amides is 1. The molecule has 0 heterocycles. The standard InChI is InChI=1S/C14H18N4O/c1-10-6-5-9-12(10)13(17-14(15)19)18(16)11-7-3-2-4-8-11/h2-4,7-8H,1,5-6,9,16H2,(H3,15,17,19)/b13-12-. The lowest BCUT2D eigenvalue weighted by atomic mass is 10.1. The van der Waals surface area contributed by atoms with Gasteiger partial charge in [0.05, 0.1) is 5.69 Å². The second-order valence-corrected chi connectivity index (χ2v) is 4.48. The van der Waals surface area contributed by atoms with Gasteiger partial charge in [-0.2, -0.15) is 0 Å². The van der Waals surface area contributed by atoms with E-state index >= 15 is 0 Å². The van der Waals surface area contributed by atoms with Gasteiger partial charge in [0.2, 0.25) is 0 Å². The third-order valence-corrected chi connectivity index (χ3v) is 3.13. The number of nitrogens with two attached hydrogens (primary N) is 2. The molecular weight excluding hydrogens is 240 g/mol. The predicted octanol–water partition coefficient (Wildman–Crippen LogP) is 1.99. The van der Waals surface area contributed by atoms with E-state index in [4.69, 9.17) is 11.6 Å². The minimum absolute atomic E-state index is 0.515. The number of allylic oxidation sites excluding steroid dienone is 2. The Morgan fingerprint density at radius 3 is 2.47 bits per heavy atom. The number of amides is 2. The summed E-state index contributed by atoms with van der Waals surface area (Å²) in [7, 11) is 0. The molecule has 0 spiro atoms. The number of hydrazine groups is 1. The smallest absolute Gasteiger partial charge is 0.317 e. The summed E-state index contributed by atoms with van der Waals surface area (Å²) >= 11 is 0. The number of nitrogens with zero attached hydrogens (tertiary/aromatic N) is 1. The van der Waals surface area contributed by atoms with Crippen LogP contribution in [0.15, 0.2) is 53.9 Å². The molecule has 0 saturated heterocycles. The van der Waals surface area contributed by atoms with Crippen molar-refractivity contribution in [3.05, 3.63) is 53.9 Å². The largest absolute Gasteiger partial charge is 0.351 e. The first kappa shape index (κ1) is 13.2. The monoisotopic (exact) mass is 258 g/mol. The van der Waals surface area contributed by atoms with Gasteiger partial charge < -0.3 is 5.73 Å². The van der Waals surface area contributed by atoms with Crippen LogP contribution in [0.2, 0.25) is 0 Å². The van der Waals surface area contributed by atoms with Gasteiger partial charge in [-0.25, -0.2) is 10.6 Å². The molecule has 19 heavy (non-hydrogen) atoms. The molecule has 2 rings (SSSR count). The van der Waals surface area contributed by atoms with Crippen LogP contribution in [-0.2, 0) is 0 Å². The van der Waals surface area contributed by atoms with Gasteiger partial charge in [0.25, 0.3) is 0 Å². The molecule has 1 aromatic carbocycles. The van der Waals surface area contributed by atoms with Crippen molar-refractivity contribution >= 4 is 11.7 Å². The molecule has 100 valence electrons. The van der Waals surface area contributed by atoms with Crippen molar-refractivity contribution in [3.63, 3.8) is 0 Å². The lowest BCUT2D eigenvalue weighted by molar-refractivity contribution is 0.251. The lowest BCUT2D eigenvalue weighted by Crippen LogP contribution is -2.42. The van der Waals surface area contributed by atoms with Crippen LogP contribution in [0.4, 0.5) is 10.5 Å². The van der Waals surface area contributed by atoms with Gasteiger partial charge in [-0.3, -0.25) is 10.3 Å². The van der Waals surface area contributed by atoms with Crippen molar-refractivity contribution in [2.45, 2.75) is 19.3 Å². The van der Waals surface area contributed by atoms with Crippen LogP contribution < -0.4 is 21.9 Å². The van der Waals surface area contributed by atoms with Gasteiger partial charge in [0.1, 0.15) is 5.82 Å². The van der Waals surface area contributed by atoms with E-state index < -0.39 is 6.03 Å². The zero-order valence-corrected chi connectivity index (χ0v) is 10.7. The molecule has 0 aromatic heterocycles. The molecule has 0 bridgehead atoms. The summed E-state index contributed by atoms with van der Waals surface area (Å²) in [6.45, 7) is 4.01. The quantitative estimate of drug-likeness (QED) is 0.572. The van der Waals surface area contributed by atoms with Gasteiger partial charge in [-0.05, 0) is 42.5 Å². The Kier molecular flexibility index (Phi) is 3.87. The molecule has 0 aliphatic heterocycles. The first-order valence-electron chi connectivity index (χ1n) is 6.17. The average molecular weight is 258 g/mol. The lowest BCUT2D eigenvalue weighted by Gasteiger charge is -2.24. The maximum absolute atomic E-state index is 11.2. The molecular formula is C14H18N4O. The second-order valence-electron chi connectivity index (χ2n) is 4.48. The first-order chi connectivity index (χ1) is 9.09. The summed E-state index contributed by atoms with van der Waals surface area (Å²) in [5.41, 5.74) is 7.96. The van der Waals surface area contributed by atoms with Crippen molar-refractivity contribution < 1.29 is 4.79 Å². The van der Waals surface area contributed by atoms with Gasteiger partial charge in [0, 0.05) is 0 Å². The van der Waals surface area contributed by atoms with Crippen LogP contribution in [0.1, 0.15) is 19.3 Å². The number of benzene rings is 1. The minimum atomic E-state index is -0.631. The maximum atomic E-state index is 11.2. The summed E-state index contributed by atoms with van der Waals surface area (Å²) in [6, 6.07) is 8.76. The molecule has 5 nitrogen and oxygen atoms in total. The number of rotatable bonds is 3. The van der Waals surface area contributed by atoms with Crippen LogP contribution in [0.3, 0.4) is 0 Å². The Balaban J connectivity index is 2.38. The fraction of sp³-hybridized carbons (Fsp3) is 0.214. The molecule has 1 fully saturated rings. The Morgan fingerprint density at radius 2 is 1.95 bits per heavy atom. The zero-order chi connectivity index (χ0) is 13.8. The Hall–Kier alpha value is -2.27. The number of hydrogen-bond donors (Lipinski definition) is 3. The molecule has 1 aliphatic rings. The molecule has 0 atom stereocenters. The third kappa shape index (κ3) is 2.95. The van der Waals surface area contributed by atoms with Crippen LogP contribution in [0.25, 0.3) is 0 Å². The Labute approximate surface area is 112 Å². The van der Waals surface area contributed by atoms with Crippen molar-refractivity contribution in [2.24, 2.45) is 11.6 Å². The van der Waals surface area contributed by atoms with Crippen LogP contribution in [0.5, 0.6) is 0 Å². The number of hydrogen-bond acceptors (Lipinski definition) is 3. The highest BCUT2D eigenvalue weighted by atomic mass is 16.2. The summed E-state index contributed by atoms with van der Waals surface area (Å²) in [6.07, 6.45) is 2.78. The number of carbonyl (C=O) groups is 1. The fourth-order valence-corrected chi connectivity index (χ4v) is 2.21. The minimum Gasteiger partial charge on any atom is -0.351 e. The highest BCUT2D eigenvalue weighted by Crippen LogP contribution is 2.32. The van der Waals surface area contributed by atoms with Gasteiger partial charge in [-0.15, -0.1) is 0 Å². The van der Waals surface area contributed by atoms with Gasteiger partial charge >= 0.3 is 6.03 Å². The number of para-hydroxylation sites is 1. The number of nitrogens with one attached hydrogen (secondary N) is 1. The Morgan fingerprint density at radius 1 is 1.26 bits per heavy atom. The van der Waals surface area contributed by atoms with E-state index in [1.54, 1.807) is 0 Å². The van der Waals surface area contributed by atoms with Crippen LogP contribution in [-0.4, -0.2) is 6.03 Å². The number of carbonyl (C=O) groups excluding carboxylic acids is 1. The van der Waals surface area contributed by atoms with E-state index in [1.165, 1.54) is 5.01 Å². The average Bonchev–Trinajstić information content (AvgIpc) is 2.82. The van der Waals surface area contributed by atoms with Crippen molar-refractivity contribution in [3.8, 4) is 0 Å². The van der Waals surface area contributed by atoms with E-state index in [9.17, 15) is 4.79 Å². The van der Waals surface area contributed by atoms with Crippen molar-refractivity contribution in [1.82, 2.24) is 5.32 Å².